The molecule has 0 bridgehead atoms. The topological polar surface area (TPSA) is 28.1 Å². The Morgan fingerprint density at radius 1 is 1.07 bits per heavy atom. The molecular formula is C24H29N3O. The van der Waals surface area contributed by atoms with Crippen molar-refractivity contribution < 1.29 is 4.84 Å². The summed E-state index contributed by atoms with van der Waals surface area (Å²) < 4.78 is 0. The molecule has 0 amide bonds. The van der Waals surface area contributed by atoms with Crippen molar-refractivity contribution in [3.8, 4) is 16.9 Å². The highest BCUT2D eigenvalue weighted by Crippen LogP contribution is 2.30. The number of nitrogens with zero attached hydrogens (tertiary/aromatic N) is 3. The van der Waals surface area contributed by atoms with Crippen LogP contribution in [0, 0.1) is 0 Å². The third-order valence-corrected chi connectivity index (χ3v) is 5.90. The van der Waals surface area contributed by atoms with E-state index in [9.17, 15) is 0 Å². The minimum Gasteiger partial charge on any atom is -0.378 e. The second-order valence-electron chi connectivity index (χ2n) is 7.67. The summed E-state index contributed by atoms with van der Waals surface area (Å²) in [6.07, 6.45) is 8.09. The molecular weight excluding hydrogens is 346 g/mol. The quantitative estimate of drug-likeness (QED) is 0.777. The average Bonchev–Trinajstić information content (AvgIpc) is 2.73. The van der Waals surface area contributed by atoms with E-state index in [0.29, 0.717) is 0 Å². The third kappa shape index (κ3) is 3.33. The molecule has 0 fully saturated rings. The highest BCUT2D eigenvalue weighted by Gasteiger charge is 2.20. The van der Waals surface area contributed by atoms with E-state index in [0.717, 1.165) is 43.4 Å². The maximum absolute atomic E-state index is 5.75. The first-order valence-corrected chi connectivity index (χ1v) is 10.2. The first kappa shape index (κ1) is 18.8. The van der Waals surface area contributed by atoms with E-state index < -0.39 is 0 Å². The normalized spacial score (nSPS) is 13.8. The second-order valence-corrected chi connectivity index (χ2v) is 7.67. The van der Waals surface area contributed by atoms with E-state index in [1.165, 1.54) is 33.2 Å². The molecule has 2 aromatic rings. The smallest absolute Gasteiger partial charge is 0.169 e. The summed E-state index contributed by atoms with van der Waals surface area (Å²) in [5, 5.41) is 6.50. The first-order chi connectivity index (χ1) is 13.6. The second kappa shape index (κ2) is 7.80. The number of anilines is 1. The van der Waals surface area contributed by atoms with Gasteiger partial charge in [-0.3, -0.25) is 0 Å². The molecule has 0 atom stereocenters. The SMILES string of the molecule is CCN(CC)CCc1c2c(cc3c1=CCc1cc(N(C)C)ccc1-3)=CC=NO2. The Morgan fingerprint density at radius 3 is 2.64 bits per heavy atom. The van der Waals surface area contributed by atoms with Crippen LogP contribution in [-0.2, 0) is 12.8 Å². The van der Waals surface area contributed by atoms with Crippen LogP contribution in [-0.4, -0.2) is 44.8 Å². The molecule has 1 heterocycles. The molecule has 4 heteroatoms. The van der Waals surface area contributed by atoms with E-state index in [1.807, 2.05) is 0 Å². The summed E-state index contributed by atoms with van der Waals surface area (Å²) in [7, 11) is 4.19. The van der Waals surface area contributed by atoms with E-state index in [-0.39, 0.29) is 0 Å². The van der Waals surface area contributed by atoms with Gasteiger partial charge in [0, 0.05) is 37.1 Å². The van der Waals surface area contributed by atoms with E-state index >= 15 is 0 Å². The van der Waals surface area contributed by atoms with Crippen molar-refractivity contribution in [2.24, 2.45) is 5.16 Å². The predicted octanol–water partition coefficient (Wildman–Crippen LogP) is 2.80. The zero-order valence-corrected chi connectivity index (χ0v) is 17.3. The van der Waals surface area contributed by atoms with Crippen molar-refractivity contribution in [2.45, 2.75) is 26.7 Å². The summed E-state index contributed by atoms with van der Waals surface area (Å²) in [6.45, 7) is 7.61. The Balaban J connectivity index is 1.85. The Hall–Kier alpha value is -2.59. The van der Waals surface area contributed by atoms with Crippen molar-refractivity contribution in [2.75, 3.05) is 38.6 Å². The molecule has 2 aromatic carbocycles. The van der Waals surface area contributed by atoms with Crippen molar-refractivity contribution in [1.82, 2.24) is 4.90 Å². The number of hydrogen-bond acceptors (Lipinski definition) is 4. The van der Waals surface area contributed by atoms with Gasteiger partial charge in [-0.2, -0.15) is 0 Å². The van der Waals surface area contributed by atoms with Crippen molar-refractivity contribution in [3.63, 3.8) is 0 Å². The van der Waals surface area contributed by atoms with Crippen molar-refractivity contribution in [1.29, 1.82) is 0 Å². The van der Waals surface area contributed by atoms with Gasteiger partial charge in [0.15, 0.2) is 5.75 Å². The van der Waals surface area contributed by atoms with Gasteiger partial charge in [0.05, 0.1) is 6.21 Å². The lowest BCUT2D eigenvalue weighted by atomic mass is 9.87. The van der Waals surface area contributed by atoms with Crippen LogP contribution in [0.2, 0.25) is 0 Å². The number of rotatable bonds is 6. The largest absolute Gasteiger partial charge is 0.378 e. The molecule has 1 aliphatic heterocycles. The highest BCUT2D eigenvalue weighted by atomic mass is 16.6. The number of hydrogen-bond donors (Lipinski definition) is 0. The number of oxime groups is 1. The Kier molecular flexibility index (Phi) is 5.23. The lowest BCUT2D eigenvalue weighted by Crippen LogP contribution is -2.30. The molecule has 0 saturated carbocycles. The van der Waals surface area contributed by atoms with Crippen LogP contribution in [0.15, 0.2) is 29.4 Å². The van der Waals surface area contributed by atoms with Crippen LogP contribution < -0.4 is 20.2 Å². The minimum atomic E-state index is 0.929. The molecule has 4 nitrogen and oxygen atoms in total. The summed E-state index contributed by atoms with van der Waals surface area (Å²) >= 11 is 0. The van der Waals surface area contributed by atoms with Crippen LogP contribution in [0.1, 0.15) is 25.0 Å². The first-order valence-electron chi connectivity index (χ1n) is 10.2. The fourth-order valence-corrected chi connectivity index (χ4v) is 4.20. The Labute approximate surface area is 167 Å². The molecule has 4 rings (SSSR count). The molecule has 0 saturated heterocycles. The molecule has 0 aromatic heterocycles. The van der Waals surface area contributed by atoms with Gasteiger partial charge >= 0.3 is 0 Å². The van der Waals surface area contributed by atoms with E-state index in [4.69, 9.17) is 4.84 Å². The Bertz CT molecular complexity index is 1030. The lowest BCUT2D eigenvalue weighted by Gasteiger charge is -2.23. The van der Waals surface area contributed by atoms with Crippen molar-refractivity contribution >= 4 is 24.1 Å². The van der Waals surface area contributed by atoms with Crippen LogP contribution in [0.25, 0.3) is 23.3 Å². The maximum atomic E-state index is 5.75. The summed E-state index contributed by atoms with van der Waals surface area (Å²) in [5.41, 5.74) is 6.58. The van der Waals surface area contributed by atoms with Gasteiger partial charge < -0.3 is 14.6 Å². The third-order valence-electron chi connectivity index (χ3n) is 5.90. The number of benzene rings is 2. The van der Waals surface area contributed by atoms with Gasteiger partial charge in [-0.25, -0.2) is 0 Å². The Morgan fingerprint density at radius 2 is 1.89 bits per heavy atom. The average molecular weight is 376 g/mol. The van der Waals surface area contributed by atoms with Gasteiger partial charge in [0.25, 0.3) is 0 Å². The lowest BCUT2D eigenvalue weighted by molar-refractivity contribution is 0.300. The van der Waals surface area contributed by atoms with Crippen LogP contribution in [0.3, 0.4) is 0 Å². The fourth-order valence-electron chi connectivity index (χ4n) is 4.20. The molecule has 0 N–H and O–H groups in total. The summed E-state index contributed by atoms with van der Waals surface area (Å²) in [6, 6.07) is 9.06. The number of fused-ring (bicyclic) bond motifs is 4. The van der Waals surface area contributed by atoms with Crippen LogP contribution >= 0.6 is 0 Å². The number of likely N-dealkylation sites (N-methyl/N-ethyl adjacent to an activating group) is 1. The monoisotopic (exact) mass is 375 g/mol. The van der Waals surface area contributed by atoms with Crippen molar-refractivity contribution in [3.05, 3.63) is 45.8 Å². The van der Waals surface area contributed by atoms with Gasteiger partial charge in [-0.15, -0.1) is 0 Å². The van der Waals surface area contributed by atoms with Gasteiger partial charge in [0.1, 0.15) is 0 Å². The summed E-state index contributed by atoms with van der Waals surface area (Å²) in [4.78, 5) is 10.4. The zero-order valence-electron chi connectivity index (χ0n) is 17.3. The molecule has 28 heavy (non-hydrogen) atoms. The predicted molar refractivity (Wildman–Crippen MR) is 119 cm³/mol. The summed E-state index contributed by atoms with van der Waals surface area (Å²) in [5.74, 6) is 0.929. The van der Waals surface area contributed by atoms with Gasteiger partial charge in [-0.1, -0.05) is 31.1 Å². The standard InChI is InChI=1S/C24H29N3O/c1-5-27(6-2)14-12-22-21-9-7-17-15-19(26(3)4)8-10-20(17)23(21)16-18-11-13-25-28-24(18)22/h8-11,13,15-16H,5-7,12,14H2,1-4H3. The maximum Gasteiger partial charge on any atom is 0.169 e. The van der Waals surface area contributed by atoms with Crippen LogP contribution in [0.5, 0.6) is 5.75 Å². The molecule has 2 aliphatic rings. The molecule has 0 unspecified atom stereocenters. The van der Waals surface area contributed by atoms with E-state index in [2.05, 4.69) is 79.3 Å². The molecule has 146 valence electrons. The minimum absolute atomic E-state index is 0.929. The van der Waals surface area contributed by atoms with E-state index in [1.54, 1.807) is 6.21 Å². The van der Waals surface area contributed by atoms with Gasteiger partial charge in [0.2, 0.25) is 0 Å². The molecule has 0 spiro atoms. The van der Waals surface area contributed by atoms with Gasteiger partial charge in [-0.05, 0) is 72.1 Å². The highest BCUT2D eigenvalue weighted by molar-refractivity contribution is 5.92. The molecule has 1 aliphatic carbocycles. The fraction of sp³-hybridized carbons (Fsp3) is 0.375. The zero-order chi connectivity index (χ0) is 19.7. The molecule has 0 radical (unpaired) electrons. The van der Waals surface area contributed by atoms with Crippen LogP contribution in [0.4, 0.5) is 5.69 Å².